The number of thiophene rings is 1. The molecule has 166 valence electrons. The highest BCUT2D eigenvalue weighted by atomic mass is 32.1. The van der Waals surface area contributed by atoms with Gasteiger partial charge in [-0.1, -0.05) is 0 Å². The Bertz CT molecular complexity index is 1280. The van der Waals surface area contributed by atoms with Crippen LogP contribution in [0.1, 0.15) is 72.7 Å². The largest absolute Gasteiger partial charge is 0.497 e. The zero-order chi connectivity index (χ0) is 22.0. The fourth-order valence-electron chi connectivity index (χ4n) is 5.39. The number of nitrogens with two attached hydrogens (primary N) is 1. The second kappa shape index (κ2) is 7.45. The van der Waals surface area contributed by atoms with Crippen LogP contribution in [-0.4, -0.2) is 28.9 Å². The van der Waals surface area contributed by atoms with Gasteiger partial charge in [0.2, 0.25) is 0 Å². The smallest absolute Gasteiger partial charge is 0.329 e. The first-order valence-electron chi connectivity index (χ1n) is 11.0. The van der Waals surface area contributed by atoms with E-state index < -0.39 is 23.3 Å². The number of H-pyrrole nitrogens is 1. The van der Waals surface area contributed by atoms with Crippen LogP contribution in [0.3, 0.4) is 0 Å². The molecule has 1 fully saturated rings. The highest BCUT2D eigenvalue weighted by Crippen LogP contribution is 2.45. The normalized spacial score (nSPS) is 26.4. The van der Waals surface area contributed by atoms with Gasteiger partial charge in [-0.15, -0.1) is 11.3 Å². The van der Waals surface area contributed by atoms with E-state index in [2.05, 4.69) is 11.1 Å². The predicted octanol–water partition coefficient (Wildman–Crippen LogP) is 1.76. The fraction of sp³-hybridized carbons (Fsp3) is 0.565. The van der Waals surface area contributed by atoms with Crippen molar-refractivity contribution in [2.75, 3.05) is 7.11 Å². The number of methoxy groups -OCH3 is 1. The lowest BCUT2D eigenvalue weighted by Crippen LogP contribution is -2.58. The fourth-order valence-corrected chi connectivity index (χ4v) is 6.85. The van der Waals surface area contributed by atoms with Crippen LogP contribution in [0.2, 0.25) is 0 Å². The van der Waals surface area contributed by atoms with E-state index in [-0.39, 0.29) is 29.0 Å². The number of aromatic amines is 1. The van der Waals surface area contributed by atoms with E-state index in [4.69, 9.17) is 10.5 Å². The summed E-state index contributed by atoms with van der Waals surface area (Å²) in [6.45, 7) is 3.88. The molecule has 0 spiro atoms. The lowest BCUT2D eigenvalue weighted by atomic mass is 9.82. The lowest BCUT2D eigenvalue weighted by molar-refractivity contribution is 0.259. The van der Waals surface area contributed by atoms with E-state index in [1.54, 1.807) is 15.9 Å². The lowest BCUT2D eigenvalue weighted by Gasteiger charge is -2.27. The maximum Gasteiger partial charge on any atom is 0.329 e. The number of hydrogen-bond donors (Lipinski definition) is 2. The zero-order valence-electron chi connectivity index (χ0n) is 18.0. The molecular formula is C23H28FN3O3S. The Hall–Kier alpha value is -2.19. The number of ether oxygens (including phenoxy) is 1. The minimum Gasteiger partial charge on any atom is -0.497 e. The molecule has 0 bridgehead atoms. The van der Waals surface area contributed by atoms with Crippen molar-refractivity contribution in [3.63, 3.8) is 0 Å². The van der Waals surface area contributed by atoms with Crippen molar-refractivity contribution in [2.24, 2.45) is 5.73 Å². The molecule has 3 N–H and O–H groups in total. The van der Waals surface area contributed by atoms with E-state index >= 15 is 4.39 Å². The molecule has 0 aliphatic heterocycles. The summed E-state index contributed by atoms with van der Waals surface area (Å²) < 4.78 is 23.0. The highest BCUT2D eigenvalue weighted by molar-refractivity contribution is 7.12. The van der Waals surface area contributed by atoms with Crippen molar-refractivity contribution in [1.82, 2.24) is 9.55 Å². The second-order valence-electron chi connectivity index (χ2n) is 9.10. The van der Waals surface area contributed by atoms with Crippen molar-refractivity contribution in [3.05, 3.63) is 52.8 Å². The molecular weight excluding hydrogens is 417 g/mol. The van der Waals surface area contributed by atoms with Crippen molar-refractivity contribution in [1.29, 1.82) is 0 Å². The maximum absolute atomic E-state index is 15.9. The molecule has 3 aliphatic rings. The third kappa shape index (κ3) is 3.14. The number of nitrogens with one attached hydrogen (secondary N) is 1. The molecule has 8 heteroatoms. The van der Waals surface area contributed by atoms with Gasteiger partial charge in [-0.25, -0.2) is 9.18 Å². The Balaban J connectivity index is 1.78. The van der Waals surface area contributed by atoms with Crippen LogP contribution in [0.15, 0.2) is 15.7 Å². The van der Waals surface area contributed by atoms with Crippen LogP contribution in [-0.2, 0) is 11.2 Å². The first-order chi connectivity index (χ1) is 14.8. The van der Waals surface area contributed by atoms with Crippen LogP contribution in [0.4, 0.5) is 4.39 Å². The van der Waals surface area contributed by atoms with Gasteiger partial charge >= 0.3 is 5.69 Å². The van der Waals surface area contributed by atoms with E-state index in [0.29, 0.717) is 10.9 Å². The molecule has 5 rings (SSSR count). The van der Waals surface area contributed by atoms with E-state index in [0.717, 1.165) is 37.0 Å². The van der Waals surface area contributed by atoms with Crippen LogP contribution in [0, 0.1) is 0 Å². The number of aromatic nitrogens is 2. The Labute approximate surface area is 183 Å². The van der Waals surface area contributed by atoms with Crippen molar-refractivity contribution in [2.45, 2.75) is 76.0 Å². The van der Waals surface area contributed by atoms with Crippen LogP contribution >= 0.6 is 11.3 Å². The Morgan fingerprint density at radius 3 is 2.71 bits per heavy atom. The van der Waals surface area contributed by atoms with E-state index in [9.17, 15) is 9.59 Å². The molecule has 0 radical (unpaired) electrons. The van der Waals surface area contributed by atoms with Crippen LogP contribution < -0.4 is 27.6 Å². The van der Waals surface area contributed by atoms with Gasteiger partial charge in [-0.05, 0) is 69.1 Å². The topological polar surface area (TPSA) is 90.1 Å². The zero-order valence-corrected chi connectivity index (χ0v) is 18.9. The summed E-state index contributed by atoms with van der Waals surface area (Å²) in [5.41, 5.74) is 7.18. The average molecular weight is 446 g/mol. The molecule has 2 aromatic heterocycles. The molecule has 1 saturated carbocycles. The predicted molar refractivity (Wildman–Crippen MR) is 120 cm³/mol. The van der Waals surface area contributed by atoms with Gasteiger partial charge in [-0.2, -0.15) is 0 Å². The van der Waals surface area contributed by atoms with Crippen LogP contribution in [0.5, 0.6) is 0 Å². The van der Waals surface area contributed by atoms with Gasteiger partial charge in [0, 0.05) is 21.8 Å². The number of alkyl halides is 1. The van der Waals surface area contributed by atoms with Gasteiger partial charge in [0.25, 0.3) is 5.56 Å². The van der Waals surface area contributed by atoms with Gasteiger partial charge in [0.1, 0.15) is 11.0 Å². The summed E-state index contributed by atoms with van der Waals surface area (Å²) in [4.78, 5) is 29.9. The summed E-state index contributed by atoms with van der Waals surface area (Å²) in [5.74, 6) is -0.296. The van der Waals surface area contributed by atoms with Crippen molar-refractivity contribution < 1.29 is 9.13 Å². The Morgan fingerprint density at radius 1 is 1.32 bits per heavy atom. The number of nitrogens with zero attached hydrogens (tertiary/aromatic N) is 1. The Morgan fingerprint density at radius 2 is 2.06 bits per heavy atom. The molecule has 3 aliphatic carbocycles. The Kier molecular flexibility index (Phi) is 4.97. The maximum atomic E-state index is 15.9. The summed E-state index contributed by atoms with van der Waals surface area (Å²) in [6.07, 6.45) is 3.37. The van der Waals surface area contributed by atoms with Gasteiger partial charge in [0.05, 0.1) is 18.4 Å². The van der Waals surface area contributed by atoms with Gasteiger partial charge in [0.15, 0.2) is 6.17 Å². The van der Waals surface area contributed by atoms with Crippen molar-refractivity contribution in [3.8, 4) is 0 Å². The first kappa shape index (κ1) is 20.7. The second-order valence-corrected chi connectivity index (χ2v) is 10.3. The number of fused-ring (bicyclic) bond motifs is 2. The summed E-state index contributed by atoms with van der Waals surface area (Å²) in [7, 11) is 1.39. The third-order valence-corrected chi connectivity index (χ3v) is 8.32. The highest BCUT2D eigenvalue weighted by Gasteiger charge is 2.39. The number of rotatable bonds is 4. The number of aryl methyl sites for hydroxylation is 1. The molecule has 0 amide bonds. The minimum atomic E-state index is -1.49. The SMILES string of the molecule is COC1=c2c(=O)[nH]c(=O)n(C3CC3)c2=C(C)C(c2cc3c(s2)CCCC3C(C)N)C1F. The third-order valence-electron chi connectivity index (χ3n) is 7.03. The standard InChI is InChI=1S/C23H28FN3O3S/c1-10-17(16-9-14-13(11(2)25)5-4-6-15(14)31-16)19(24)21(30-3)18-20(10)27(12-7-8-12)23(29)26-22(18)28/h9,11-13,17,19H,4-8,25H2,1-3H3,(H,26,28,29). The molecule has 31 heavy (non-hydrogen) atoms. The summed E-state index contributed by atoms with van der Waals surface area (Å²) in [6, 6.07) is 2.19. The molecule has 6 nitrogen and oxygen atoms in total. The van der Waals surface area contributed by atoms with Gasteiger partial charge in [-0.3, -0.25) is 14.3 Å². The molecule has 2 heterocycles. The summed E-state index contributed by atoms with van der Waals surface area (Å²) >= 11 is 1.64. The molecule has 4 unspecified atom stereocenters. The van der Waals surface area contributed by atoms with Crippen molar-refractivity contribution >= 4 is 22.7 Å². The van der Waals surface area contributed by atoms with Gasteiger partial charge < -0.3 is 10.5 Å². The van der Waals surface area contributed by atoms with E-state index in [1.807, 2.05) is 13.8 Å². The minimum absolute atomic E-state index is 0.0105. The number of hydrogen-bond acceptors (Lipinski definition) is 5. The molecule has 0 aromatic carbocycles. The quantitative estimate of drug-likeness (QED) is 0.751. The summed E-state index contributed by atoms with van der Waals surface area (Å²) in [5, 5.41) is 0.687. The average Bonchev–Trinajstić information content (AvgIpc) is 3.46. The first-order valence-corrected chi connectivity index (χ1v) is 11.8. The monoisotopic (exact) mass is 445 g/mol. The molecule has 4 atom stereocenters. The molecule has 2 aromatic rings. The van der Waals surface area contributed by atoms with Crippen LogP contribution in [0.25, 0.3) is 11.3 Å². The number of halogens is 1. The van der Waals surface area contributed by atoms with E-state index in [1.165, 1.54) is 17.6 Å². The molecule has 0 saturated heterocycles.